The lowest BCUT2D eigenvalue weighted by Crippen LogP contribution is -2.30. The maximum Gasteiger partial charge on any atom is 0.272 e. The maximum absolute atomic E-state index is 13.4. The Morgan fingerprint density at radius 1 is 0.976 bits per heavy atom. The number of nitrogens with one attached hydrogen (secondary N) is 3. The van der Waals surface area contributed by atoms with E-state index in [-0.39, 0.29) is 17.4 Å². The first-order chi connectivity index (χ1) is 20.2. The van der Waals surface area contributed by atoms with Crippen molar-refractivity contribution in [3.8, 4) is 11.5 Å². The number of anilines is 2. The van der Waals surface area contributed by atoms with E-state index in [1.807, 2.05) is 6.07 Å². The molecule has 0 saturated heterocycles. The Morgan fingerprint density at radius 3 is 2.48 bits per heavy atom. The lowest BCUT2D eigenvalue weighted by atomic mass is 10.1. The molecular formula is C31H27ClN4O5S. The smallest absolute Gasteiger partial charge is 0.272 e. The molecule has 9 nitrogen and oxygen atoms in total. The molecule has 3 amide bonds. The summed E-state index contributed by atoms with van der Waals surface area (Å²) in [7, 11) is 1.44. The highest BCUT2D eigenvalue weighted by Gasteiger charge is 2.18. The number of carbonyl (C=O) groups excluding carboxylic acids is 3. The number of methoxy groups -OCH3 is 1. The van der Waals surface area contributed by atoms with Crippen molar-refractivity contribution in [3.05, 3.63) is 113 Å². The molecule has 0 saturated carbocycles. The average molecular weight is 603 g/mol. The molecule has 0 aliphatic carbocycles. The third kappa shape index (κ3) is 8.35. The van der Waals surface area contributed by atoms with Gasteiger partial charge in [0.2, 0.25) is 5.91 Å². The van der Waals surface area contributed by atoms with E-state index in [0.29, 0.717) is 33.4 Å². The Labute approximate surface area is 252 Å². The number of halogens is 1. The number of hydrogen-bond donors (Lipinski definition) is 4. The number of hydrogen-bond acceptors (Lipinski definition) is 7. The van der Waals surface area contributed by atoms with Gasteiger partial charge in [-0.1, -0.05) is 35.9 Å². The van der Waals surface area contributed by atoms with E-state index in [0.717, 1.165) is 4.90 Å². The van der Waals surface area contributed by atoms with Gasteiger partial charge in [0.05, 0.1) is 17.4 Å². The quantitative estimate of drug-likeness (QED) is 0.130. The van der Waals surface area contributed by atoms with Crippen LogP contribution in [-0.4, -0.2) is 40.2 Å². The summed E-state index contributed by atoms with van der Waals surface area (Å²) in [5, 5.41) is 18.0. The summed E-state index contributed by atoms with van der Waals surface area (Å²) in [6.07, 6.45) is 2.91. The van der Waals surface area contributed by atoms with Crippen molar-refractivity contribution in [1.29, 1.82) is 0 Å². The second-order valence-electron chi connectivity index (χ2n) is 8.90. The highest BCUT2D eigenvalue weighted by Crippen LogP contribution is 2.28. The van der Waals surface area contributed by atoms with Gasteiger partial charge in [-0.2, -0.15) is 0 Å². The number of phenolic OH excluding ortho intramolecular Hbond substituents is 1. The third-order valence-corrected chi connectivity index (χ3v) is 7.12. The van der Waals surface area contributed by atoms with E-state index < -0.39 is 17.1 Å². The Balaban J connectivity index is 1.51. The van der Waals surface area contributed by atoms with Crippen LogP contribution in [0.5, 0.6) is 11.5 Å². The van der Waals surface area contributed by atoms with E-state index in [9.17, 15) is 19.5 Å². The van der Waals surface area contributed by atoms with Crippen LogP contribution in [0.25, 0.3) is 6.08 Å². The van der Waals surface area contributed by atoms with Crippen LogP contribution >= 0.6 is 23.4 Å². The van der Waals surface area contributed by atoms with Crippen LogP contribution in [0.3, 0.4) is 0 Å². The van der Waals surface area contributed by atoms with Crippen molar-refractivity contribution in [2.75, 3.05) is 17.7 Å². The van der Waals surface area contributed by atoms with Gasteiger partial charge in [0.1, 0.15) is 23.0 Å². The molecule has 0 aliphatic heterocycles. The normalized spacial score (nSPS) is 11.7. The minimum atomic E-state index is -0.587. The summed E-state index contributed by atoms with van der Waals surface area (Å²) in [6.45, 7) is 1.76. The molecule has 4 rings (SSSR count). The number of phenols is 1. The number of carbonyl (C=O) groups is 3. The van der Waals surface area contributed by atoms with Gasteiger partial charge in [0.15, 0.2) is 0 Å². The summed E-state index contributed by atoms with van der Waals surface area (Å²) in [4.78, 5) is 43.9. The Kier molecular flexibility index (Phi) is 10.2. The van der Waals surface area contributed by atoms with Gasteiger partial charge in [-0.15, -0.1) is 11.8 Å². The number of thioether (sulfide) groups is 1. The van der Waals surface area contributed by atoms with Crippen LogP contribution in [0.1, 0.15) is 22.8 Å². The van der Waals surface area contributed by atoms with Gasteiger partial charge < -0.3 is 25.8 Å². The van der Waals surface area contributed by atoms with Gasteiger partial charge >= 0.3 is 0 Å². The van der Waals surface area contributed by atoms with Gasteiger partial charge in [-0.25, -0.2) is 4.98 Å². The van der Waals surface area contributed by atoms with Crippen LogP contribution in [0.15, 0.2) is 102 Å². The number of aromatic nitrogens is 1. The number of rotatable bonds is 10. The number of aromatic hydroxyl groups is 1. The molecule has 0 fully saturated rings. The third-order valence-electron chi connectivity index (χ3n) is 5.80. The molecular weight excluding hydrogens is 576 g/mol. The summed E-state index contributed by atoms with van der Waals surface area (Å²) in [5.74, 6) is -0.620. The van der Waals surface area contributed by atoms with Gasteiger partial charge in [-0.05, 0) is 67.6 Å². The molecule has 214 valence electrons. The summed E-state index contributed by atoms with van der Waals surface area (Å²) < 4.78 is 5.34. The molecule has 4 aromatic rings. The first-order valence-electron chi connectivity index (χ1n) is 12.7. The summed E-state index contributed by atoms with van der Waals surface area (Å²) in [6, 6.07) is 23.1. The van der Waals surface area contributed by atoms with Crippen LogP contribution in [0.4, 0.5) is 11.5 Å². The van der Waals surface area contributed by atoms with Crippen LogP contribution in [-0.2, 0) is 9.59 Å². The van der Waals surface area contributed by atoms with Crippen molar-refractivity contribution in [1.82, 2.24) is 10.3 Å². The molecule has 4 N–H and O–H groups in total. The van der Waals surface area contributed by atoms with Crippen molar-refractivity contribution in [2.45, 2.75) is 17.1 Å². The molecule has 42 heavy (non-hydrogen) atoms. The summed E-state index contributed by atoms with van der Waals surface area (Å²) in [5.41, 5.74) is 1.24. The zero-order valence-electron chi connectivity index (χ0n) is 22.6. The second-order valence-corrected chi connectivity index (χ2v) is 10.7. The predicted octanol–water partition coefficient (Wildman–Crippen LogP) is 5.98. The minimum Gasteiger partial charge on any atom is -0.508 e. The van der Waals surface area contributed by atoms with E-state index in [1.54, 1.807) is 73.7 Å². The lowest BCUT2D eigenvalue weighted by Gasteiger charge is -2.14. The zero-order valence-corrected chi connectivity index (χ0v) is 24.2. The van der Waals surface area contributed by atoms with E-state index in [4.69, 9.17) is 16.3 Å². The molecule has 1 aromatic heterocycles. The van der Waals surface area contributed by atoms with Gasteiger partial charge in [0, 0.05) is 34.0 Å². The largest absolute Gasteiger partial charge is 0.508 e. The summed E-state index contributed by atoms with van der Waals surface area (Å²) >= 11 is 7.15. The molecule has 0 radical (unpaired) electrons. The molecule has 0 bridgehead atoms. The number of amides is 3. The van der Waals surface area contributed by atoms with Crippen molar-refractivity contribution < 1.29 is 24.2 Å². The highest BCUT2D eigenvalue weighted by atomic mass is 35.5. The van der Waals surface area contributed by atoms with E-state index in [1.165, 1.54) is 43.3 Å². The molecule has 11 heteroatoms. The average Bonchev–Trinajstić information content (AvgIpc) is 2.99. The van der Waals surface area contributed by atoms with Crippen molar-refractivity contribution in [3.63, 3.8) is 0 Å². The number of nitrogens with zero attached hydrogens (tertiary/aromatic N) is 1. The van der Waals surface area contributed by atoms with E-state index >= 15 is 0 Å². The molecule has 1 unspecified atom stereocenters. The topological polar surface area (TPSA) is 130 Å². The zero-order chi connectivity index (χ0) is 30.1. The van der Waals surface area contributed by atoms with Crippen molar-refractivity contribution in [2.24, 2.45) is 0 Å². The van der Waals surface area contributed by atoms with Gasteiger partial charge in [-0.3, -0.25) is 14.4 Å². The fraction of sp³-hybridized carbons (Fsp3) is 0.0968. The maximum atomic E-state index is 13.4. The molecule has 0 aliphatic rings. The molecule has 1 heterocycles. The number of pyridine rings is 1. The van der Waals surface area contributed by atoms with Crippen LogP contribution in [0, 0.1) is 0 Å². The SMILES string of the molecule is COc1cc(O)ccc1/C=C(/NC(=O)c1ccccc1)C(=O)Nc1cccc(SC(C)C(=O)Nc2ccc(Cl)cn2)c1. The van der Waals surface area contributed by atoms with E-state index in [2.05, 4.69) is 20.9 Å². The fourth-order valence-corrected chi connectivity index (χ4v) is 4.74. The Morgan fingerprint density at radius 2 is 1.76 bits per heavy atom. The monoisotopic (exact) mass is 602 g/mol. The van der Waals surface area contributed by atoms with Crippen LogP contribution in [0.2, 0.25) is 5.02 Å². The molecule has 3 aromatic carbocycles. The first-order valence-corrected chi connectivity index (χ1v) is 13.9. The molecule has 1 atom stereocenters. The number of ether oxygens (including phenoxy) is 1. The number of benzene rings is 3. The second kappa shape index (κ2) is 14.2. The predicted molar refractivity (Wildman–Crippen MR) is 165 cm³/mol. The fourth-order valence-electron chi connectivity index (χ4n) is 3.70. The lowest BCUT2D eigenvalue weighted by molar-refractivity contribution is -0.115. The Hall–Kier alpha value is -4.80. The first kappa shape index (κ1) is 30.2. The Bertz CT molecular complexity index is 1610. The van der Waals surface area contributed by atoms with Gasteiger partial charge in [0.25, 0.3) is 11.8 Å². The highest BCUT2D eigenvalue weighted by molar-refractivity contribution is 8.00. The molecule has 0 spiro atoms. The standard InChI is InChI=1S/C31H27ClN4O5S/c1-19(29(38)36-28-14-12-22(32)18-33-28)42-25-10-6-9-23(16-25)34-31(40)26(35-30(39)20-7-4-3-5-8-20)15-21-11-13-24(37)17-27(21)41-2/h3-19,37H,1-2H3,(H,34,40)(H,35,39)(H,33,36,38)/b26-15+. The minimum absolute atomic E-state index is 0.00928. The van der Waals surface area contributed by atoms with Crippen LogP contribution < -0.4 is 20.7 Å². The van der Waals surface area contributed by atoms with Crippen molar-refractivity contribution >= 4 is 58.7 Å².